The molecule has 1 fully saturated rings. The molecule has 0 unspecified atom stereocenters. The first kappa shape index (κ1) is 22.8. The van der Waals surface area contributed by atoms with Crippen LogP contribution >= 0.6 is 35.3 Å². The summed E-state index contributed by atoms with van der Waals surface area (Å²) < 4.78 is 5.28. The van der Waals surface area contributed by atoms with Gasteiger partial charge in [-0.05, 0) is 60.9 Å². The van der Waals surface area contributed by atoms with E-state index in [1.807, 2.05) is 30.5 Å². The Labute approximate surface area is 189 Å². The highest BCUT2D eigenvalue weighted by Gasteiger charge is 2.20. The topological polar surface area (TPSA) is 48.9 Å². The fourth-order valence-electron chi connectivity index (χ4n) is 3.41. The Kier molecular flexibility index (Phi) is 9.91. The maximum Gasteiger partial charge on any atom is 0.191 e. The monoisotopic (exact) mass is 514 g/mol. The maximum absolute atomic E-state index is 5.28. The summed E-state index contributed by atoms with van der Waals surface area (Å²) in [5.74, 6) is 1.84. The number of hydrogen-bond acceptors (Lipinski definition) is 4. The molecule has 0 bridgehead atoms. The van der Waals surface area contributed by atoms with Crippen LogP contribution in [0.25, 0.3) is 0 Å². The molecule has 0 aliphatic carbocycles. The van der Waals surface area contributed by atoms with Crippen LogP contribution in [0.4, 0.5) is 5.00 Å². The summed E-state index contributed by atoms with van der Waals surface area (Å²) in [6.07, 6.45) is 4.37. The van der Waals surface area contributed by atoms with Crippen LogP contribution in [0, 0.1) is 0 Å². The van der Waals surface area contributed by atoms with Gasteiger partial charge in [-0.25, -0.2) is 0 Å². The first-order chi connectivity index (χ1) is 13.3. The van der Waals surface area contributed by atoms with Crippen LogP contribution in [0.15, 0.2) is 46.8 Å². The molecule has 7 heteroatoms. The Hall–Kier alpha value is -1.48. The molecule has 1 aliphatic heterocycles. The van der Waals surface area contributed by atoms with E-state index in [2.05, 4.69) is 50.2 Å². The Bertz CT molecular complexity index is 715. The number of halogens is 1. The smallest absolute Gasteiger partial charge is 0.191 e. The largest absolute Gasteiger partial charge is 0.497 e. The van der Waals surface area contributed by atoms with Crippen molar-refractivity contribution in [3.8, 4) is 5.75 Å². The average molecular weight is 514 g/mol. The molecule has 28 heavy (non-hydrogen) atoms. The summed E-state index contributed by atoms with van der Waals surface area (Å²) in [6.45, 7) is 3.11. The highest BCUT2D eigenvalue weighted by atomic mass is 127. The lowest BCUT2D eigenvalue weighted by Crippen LogP contribution is -2.48. The van der Waals surface area contributed by atoms with E-state index in [4.69, 9.17) is 4.74 Å². The minimum absolute atomic E-state index is 0. The zero-order valence-corrected chi connectivity index (χ0v) is 19.8. The van der Waals surface area contributed by atoms with E-state index in [9.17, 15) is 0 Å². The third-order valence-electron chi connectivity index (χ3n) is 4.95. The third kappa shape index (κ3) is 6.84. The molecule has 1 aliphatic rings. The average Bonchev–Trinajstić information content (AvgIpc) is 3.26. The van der Waals surface area contributed by atoms with Gasteiger partial charge in [0.25, 0.3) is 0 Å². The van der Waals surface area contributed by atoms with E-state index in [1.165, 1.54) is 10.6 Å². The van der Waals surface area contributed by atoms with Crippen LogP contribution in [0.2, 0.25) is 0 Å². The lowest BCUT2D eigenvalue weighted by Gasteiger charge is -2.33. The SMILES string of the molecule is CN=C(NCCCc1cccc(OC)c1)NC1CCN(c2cccs2)CC1.I. The minimum Gasteiger partial charge on any atom is -0.497 e. The zero-order valence-electron chi connectivity index (χ0n) is 16.7. The lowest BCUT2D eigenvalue weighted by molar-refractivity contribution is 0.414. The summed E-state index contributed by atoms with van der Waals surface area (Å²) in [5, 5.41) is 10.6. The molecule has 3 rings (SSSR count). The zero-order chi connectivity index (χ0) is 18.9. The highest BCUT2D eigenvalue weighted by molar-refractivity contribution is 14.0. The number of benzene rings is 1. The van der Waals surface area contributed by atoms with Crippen LogP contribution in [0.1, 0.15) is 24.8 Å². The van der Waals surface area contributed by atoms with Gasteiger partial charge >= 0.3 is 0 Å². The molecule has 5 nitrogen and oxygen atoms in total. The van der Waals surface area contributed by atoms with Crippen LogP contribution in [0.5, 0.6) is 5.75 Å². The van der Waals surface area contributed by atoms with Crippen molar-refractivity contribution in [1.29, 1.82) is 0 Å². The first-order valence-electron chi connectivity index (χ1n) is 9.67. The molecule has 0 saturated carbocycles. The number of nitrogens with one attached hydrogen (secondary N) is 2. The summed E-state index contributed by atoms with van der Waals surface area (Å²) >= 11 is 1.82. The number of thiophene rings is 1. The van der Waals surface area contributed by atoms with Gasteiger partial charge in [0.15, 0.2) is 5.96 Å². The maximum atomic E-state index is 5.28. The van der Waals surface area contributed by atoms with Crippen molar-refractivity contribution in [3.05, 3.63) is 47.3 Å². The molecular weight excluding hydrogens is 483 g/mol. The Morgan fingerprint density at radius 3 is 2.75 bits per heavy atom. The van der Waals surface area contributed by atoms with Gasteiger partial charge in [-0.2, -0.15) is 0 Å². The number of methoxy groups -OCH3 is 1. The molecule has 1 saturated heterocycles. The van der Waals surface area contributed by atoms with Crippen LogP contribution in [-0.2, 0) is 6.42 Å². The Morgan fingerprint density at radius 1 is 1.25 bits per heavy atom. The highest BCUT2D eigenvalue weighted by Crippen LogP contribution is 2.24. The molecule has 154 valence electrons. The number of piperidine rings is 1. The second-order valence-electron chi connectivity index (χ2n) is 6.81. The van der Waals surface area contributed by atoms with Crippen molar-refractivity contribution in [2.75, 3.05) is 38.7 Å². The molecule has 1 aromatic heterocycles. The van der Waals surface area contributed by atoms with Gasteiger partial charge in [-0.15, -0.1) is 35.3 Å². The molecule has 0 amide bonds. The number of guanidine groups is 1. The van der Waals surface area contributed by atoms with Crippen molar-refractivity contribution in [2.45, 2.75) is 31.7 Å². The Morgan fingerprint density at radius 2 is 2.07 bits per heavy atom. The van der Waals surface area contributed by atoms with E-state index in [0.717, 1.165) is 57.0 Å². The number of nitrogens with zero attached hydrogens (tertiary/aromatic N) is 2. The second-order valence-corrected chi connectivity index (χ2v) is 7.74. The summed E-state index contributed by atoms with van der Waals surface area (Å²) in [6, 6.07) is 13.1. The fraction of sp³-hybridized carbons (Fsp3) is 0.476. The molecule has 0 atom stereocenters. The van der Waals surface area contributed by atoms with Crippen molar-refractivity contribution < 1.29 is 4.74 Å². The van der Waals surface area contributed by atoms with Gasteiger partial charge in [0.05, 0.1) is 12.1 Å². The molecule has 0 radical (unpaired) electrons. The fourth-order valence-corrected chi connectivity index (χ4v) is 4.19. The number of ether oxygens (including phenoxy) is 1. The van der Waals surface area contributed by atoms with Gasteiger partial charge in [0, 0.05) is 32.7 Å². The number of aliphatic imine (C=N–C) groups is 1. The van der Waals surface area contributed by atoms with E-state index in [-0.39, 0.29) is 24.0 Å². The molecule has 2 aromatic rings. The van der Waals surface area contributed by atoms with Gasteiger partial charge in [-0.3, -0.25) is 4.99 Å². The van der Waals surface area contributed by atoms with Crippen LogP contribution in [0.3, 0.4) is 0 Å². The van der Waals surface area contributed by atoms with Gasteiger partial charge < -0.3 is 20.3 Å². The summed E-state index contributed by atoms with van der Waals surface area (Å²) in [7, 11) is 3.55. The van der Waals surface area contributed by atoms with Crippen molar-refractivity contribution in [2.24, 2.45) is 4.99 Å². The lowest BCUT2D eigenvalue weighted by atomic mass is 10.1. The second kappa shape index (κ2) is 12.2. The predicted molar refractivity (Wildman–Crippen MR) is 131 cm³/mol. The summed E-state index contributed by atoms with van der Waals surface area (Å²) in [5.41, 5.74) is 1.31. The number of anilines is 1. The first-order valence-corrected chi connectivity index (χ1v) is 10.5. The molecular formula is C21H31IN4OS. The molecule has 2 N–H and O–H groups in total. The van der Waals surface area contributed by atoms with Crippen LogP contribution in [-0.4, -0.2) is 45.8 Å². The standard InChI is InChI=1S/C21H30N4OS.HI/c1-22-21(23-12-4-7-17-6-3-8-19(16-17)26-2)24-18-10-13-25(14-11-18)20-9-5-15-27-20;/h3,5-6,8-9,15-16,18H,4,7,10-14H2,1-2H3,(H2,22,23,24);1H. The molecule has 0 spiro atoms. The minimum atomic E-state index is 0. The van der Waals surface area contributed by atoms with Gasteiger partial charge in [0.2, 0.25) is 0 Å². The third-order valence-corrected chi connectivity index (χ3v) is 5.88. The van der Waals surface area contributed by atoms with E-state index in [1.54, 1.807) is 7.11 Å². The summed E-state index contributed by atoms with van der Waals surface area (Å²) in [4.78, 5) is 6.87. The Balaban J connectivity index is 0.00000280. The number of aryl methyl sites for hydroxylation is 1. The van der Waals surface area contributed by atoms with Crippen molar-refractivity contribution in [1.82, 2.24) is 10.6 Å². The van der Waals surface area contributed by atoms with Gasteiger partial charge in [-0.1, -0.05) is 12.1 Å². The number of rotatable bonds is 7. The van der Waals surface area contributed by atoms with Crippen LogP contribution < -0.4 is 20.3 Å². The van der Waals surface area contributed by atoms with E-state index in [0.29, 0.717) is 6.04 Å². The predicted octanol–water partition coefficient (Wildman–Crippen LogP) is 4.14. The van der Waals surface area contributed by atoms with Crippen molar-refractivity contribution >= 4 is 46.3 Å². The molecule has 1 aromatic carbocycles. The normalized spacial score (nSPS) is 15.1. The van der Waals surface area contributed by atoms with Crippen molar-refractivity contribution in [3.63, 3.8) is 0 Å². The van der Waals surface area contributed by atoms with E-state index < -0.39 is 0 Å². The van der Waals surface area contributed by atoms with E-state index >= 15 is 0 Å². The number of hydrogen-bond donors (Lipinski definition) is 2. The van der Waals surface area contributed by atoms with Gasteiger partial charge in [0.1, 0.15) is 5.75 Å². The molecule has 2 heterocycles. The quantitative estimate of drug-likeness (QED) is 0.253.